The van der Waals surface area contributed by atoms with E-state index < -0.39 is 0 Å². The molecule has 2 heteroatoms. The third kappa shape index (κ3) is 2.91. The first-order chi connectivity index (χ1) is 7.75. The lowest BCUT2D eigenvalue weighted by molar-refractivity contribution is 0.183. The molecule has 0 spiro atoms. The Hall–Kier alpha value is -1.18. The molecule has 2 nitrogen and oxygen atoms in total. The van der Waals surface area contributed by atoms with Crippen molar-refractivity contribution >= 4 is 5.69 Å². The second-order valence-electron chi connectivity index (χ2n) is 4.75. The highest BCUT2D eigenvalue weighted by atomic mass is 16.5. The van der Waals surface area contributed by atoms with Crippen LogP contribution in [0.5, 0.6) is 5.75 Å². The molecule has 1 aliphatic carbocycles. The molecule has 1 saturated carbocycles. The van der Waals surface area contributed by atoms with Gasteiger partial charge in [0.05, 0.1) is 6.10 Å². The summed E-state index contributed by atoms with van der Waals surface area (Å²) in [5.74, 6) is 0.971. The van der Waals surface area contributed by atoms with E-state index in [9.17, 15) is 0 Å². The lowest BCUT2D eigenvalue weighted by atomic mass is 10.1. The average Bonchev–Trinajstić information content (AvgIpc) is 2.52. The molecule has 1 aliphatic rings. The van der Waals surface area contributed by atoms with Crippen molar-refractivity contribution in [3.8, 4) is 5.75 Å². The lowest BCUT2D eigenvalue weighted by Gasteiger charge is -2.17. The summed E-state index contributed by atoms with van der Waals surface area (Å²) in [4.78, 5) is 0. The Kier molecular flexibility index (Phi) is 3.70. The highest BCUT2D eigenvalue weighted by Crippen LogP contribution is 2.24. The van der Waals surface area contributed by atoms with Gasteiger partial charge in [-0.2, -0.15) is 0 Å². The minimum absolute atomic E-state index is 0.408. The SMILES string of the molecule is Cc1cc(OC2CCCCCC2)ccc1N. The topological polar surface area (TPSA) is 35.2 Å². The zero-order valence-corrected chi connectivity index (χ0v) is 10.0. The van der Waals surface area contributed by atoms with E-state index in [1.54, 1.807) is 0 Å². The summed E-state index contributed by atoms with van der Waals surface area (Å²) in [6, 6.07) is 5.95. The minimum Gasteiger partial charge on any atom is -0.490 e. The van der Waals surface area contributed by atoms with Gasteiger partial charge in [-0.1, -0.05) is 12.8 Å². The molecule has 0 radical (unpaired) electrons. The number of hydrogen-bond donors (Lipinski definition) is 1. The van der Waals surface area contributed by atoms with Crippen LogP contribution in [0.1, 0.15) is 44.1 Å². The molecule has 1 fully saturated rings. The van der Waals surface area contributed by atoms with Gasteiger partial charge in [-0.15, -0.1) is 0 Å². The zero-order chi connectivity index (χ0) is 11.4. The summed E-state index contributed by atoms with van der Waals surface area (Å²) in [7, 11) is 0. The third-order valence-electron chi connectivity index (χ3n) is 3.35. The predicted octanol–water partition coefficient (Wildman–Crippen LogP) is 3.68. The molecule has 2 N–H and O–H groups in total. The van der Waals surface area contributed by atoms with E-state index in [-0.39, 0.29) is 0 Å². The number of benzene rings is 1. The van der Waals surface area contributed by atoms with E-state index >= 15 is 0 Å². The number of nitrogen functional groups attached to an aromatic ring is 1. The fraction of sp³-hybridized carbons (Fsp3) is 0.571. The first-order valence-electron chi connectivity index (χ1n) is 6.28. The second-order valence-corrected chi connectivity index (χ2v) is 4.75. The summed E-state index contributed by atoms with van der Waals surface area (Å²) < 4.78 is 6.02. The van der Waals surface area contributed by atoms with Crippen LogP contribution < -0.4 is 10.5 Å². The van der Waals surface area contributed by atoms with E-state index in [2.05, 4.69) is 0 Å². The van der Waals surface area contributed by atoms with Crippen LogP contribution >= 0.6 is 0 Å². The molecule has 2 rings (SSSR count). The second kappa shape index (κ2) is 5.24. The van der Waals surface area contributed by atoms with Gasteiger partial charge in [-0.05, 0) is 56.4 Å². The van der Waals surface area contributed by atoms with Gasteiger partial charge in [0.2, 0.25) is 0 Å². The first kappa shape index (κ1) is 11.3. The molecule has 0 heterocycles. The van der Waals surface area contributed by atoms with Crippen LogP contribution in [0.15, 0.2) is 18.2 Å². The number of hydrogen-bond acceptors (Lipinski definition) is 2. The molecule has 0 saturated heterocycles. The standard InChI is InChI=1S/C14H21NO/c1-11-10-13(8-9-14(11)15)16-12-6-4-2-3-5-7-12/h8-10,12H,2-7,15H2,1H3. The van der Waals surface area contributed by atoms with Gasteiger partial charge in [0.25, 0.3) is 0 Å². The molecular weight excluding hydrogens is 198 g/mol. The van der Waals surface area contributed by atoms with Gasteiger partial charge in [0, 0.05) is 5.69 Å². The highest BCUT2D eigenvalue weighted by Gasteiger charge is 2.13. The van der Waals surface area contributed by atoms with Crippen molar-refractivity contribution < 1.29 is 4.74 Å². The lowest BCUT2D eigenvalue weighted by Crippen LogP contribution is -2.15. The summed E-state index contributed by atoms with van der Waals surface area (Å²) >= 11 is 0. The van der Waals surface area contributed by atoms with Crippen LogP contribution in [0.2, 0.25) is 0 Å². The Morgan fingerprint density at radius 2 is 1.81 bits per heavy atom. The molecule has 88 valence electrons. The van der Waals surface area contributed by atoms with Crippen LogP contribution in [0, 0.1) is 6.92 Å². The van der Waals surface area contributed by atoms with E-state index in [1.165, 1.54) is 38.5 Å². The van der Waals surface area contributed by atoms with Crippen molar-refractivity contribution in [2.75, 3.05) is 5.73 Å². The Labute approximate surface area is 97.8 Å². The van der Waals surface area contributed by atoms with E-state index in [4.69, 9.17) is 10.5 Å². The molecule has 0 atom stereocenters. The molecular formula is C14H21NO. The van der Waals surface area contributed by atoms with Crippen LogP contribution in [0.3, 0.4) is 0 Å². The molecule has 0 unspecified atom stereocenters. The van der Waals surface area contributed by atoms with Crippen molar-refractivity contribution in [3.05, 3.63) is 23.8 Å². The highest BCUT2D eigenvalue weighted by molar-refractivity contribution is 5.49. The summed E-state index contributed by atoms with van der Waals surface area (Å²) in [6.07, 6.45) is 8.14. The summed E-state index contributed by atoms with van der Waals surface area (Å²) in [6.45, 7) is 2.02. The fourth-order valence-electron chi connectivity index (χ4n) is 2.27. The zero-order valence-electron chi connectivity index (χ0n) is 10.0. The minimum atomic E-state index is 0.408. The maximum atomic E-state index is 6.02. The maximum absolute atomic E-state index is 6.02. The maximum Gasteiger partial charge on any atom is 0.120 e. The predicted molar refractivity (Wildman–Crippen MR) is 67.7 cm³/mol. The normalized spacial score (nSPS) is 18.1. The van der Waals surface area contributed by atoms with Gasteiger partial charge >= 0.3 is 0 Å². The summed E-state index contributed by atoms with van der Waals surface area (Å²) in [5.41, 5.74) is 7.74. The molecule has 0 aliphatic heterocycles. The molecule has 0 bridgehead atoms. The largest absolute Gasteiger partial charge is 0.490 e. The number of rotatable bonds is 2. The van der Waals surface area contributed by atoms with Crippen LogP contribution in [0.4, 0.5) is 5.69 Å². The molecule has 16 heavy (non-hydrogen) atoms. The van der Waals surface area contributed by atoms with E-state index in [0.29, 0.717) is 6.10 Å². The number of aryl methyl sites for hydroxylation is 1. The Morgan fingerprint density at radius 3 is 2.44 bits per heavy atom. The van der Waals surface area contributed by atoms with Gasteiger partial charge < -0.3 is 10.5 Å². The van der Waals surface area contributed by atoms with Crippen molar-refractivity contribution in [3.63, 3.8) is 0 Å². The Balaban J connectivity index is 1.99. The number of nitrogens with two attached hydrogens (primary N) is 1. The number of ether oxygens (including phenoxy) is 1. The van der Waals surface area contributed by atoms with Crippen LogP contribution in [-0.4, -0.2) is 6.10 Å². The number of anilines is 1. The molecule has 1 aromatic carbocycles. The smallest absolute Gasteiger partial charge is 0.120 e. The molecule has 1 aromatic rings. The van der Waals surface area contributed by atoms with Crippen molar-refractivity contribution in [1.82, 2.24) is 0 Å². The van der Waals surface area contributed by atoms with Crippen LogP contribution in [-0.2, 0) is 0 Å². The average molecular weight is 219 g/mol. The monoisotopic (exact) mass is 219 g/mol. The molecule has 0 aromatic heterocycles. The fourth-order valence-corrected chi connectivity index (χ4v) is 2.27. The molecule has 0 amide bonds. The van der Waals surface area contributed by atoms with Gasteiger partial charge in [0.1, 0.15) is 5.75 Å². The third-order valence-corrected chi connectivity index (χ3v) is 3.35. The van der Waals surface area contributed by atoms with Crippen molar-refractivity contribution in [2.45, 2.75) is 51.6 Å². The quantitative estimate of drug-likeness (QED) is 0.608. The van der Waals surface area contributed by atoms with Gasteiger partial charge in [-0.3, -0.25) is 0 Å². The van der Waals surface area contributed by atoms with Crippen molar-refractivity contribution in [1.29, 1.82) is 0 Å². The van der Waals surface area contributed by atoms with Crippen LogP contribution in [0.25, 0.3) is 0 Å². The first-order valence-corrected chi connectivity index (χ1v) is 6.28. The Bertz CT molecular complexity index is 341. The van der Waals surface area contributed by atoms with Crippen molar-refractivity contribution in [2.24, 2.45) is 0 Å². The van der Waals surface area contributed by atoms with E-state index in [1.807, 2.05) is 25.1 Å². The van der Waals surface area contributed by atoms with Gasteiger partial charge in [-0.25, -0.2) is 0 Å². The summed E-state index contributed by atoms with van der Waals surface area (Å²) in [5, 5.41) is 0. The Morgan fingerprint density at radius 1 is 1.12 bits per heavy atom. The van der Waals surface area contributed by atoms with E-state index in [0.717, 1.165) is 17.0 Å². The van der Waals surface area contributed by atoms with Gasteiger partial charge in [0.15, 0.2) is 0 Å².